The minimum atomic E-state index is -2.28. The zero-order valence-corrected chi connectivity index (χ0v) is 31.0. The molecule has 0 unspecified atom stereocenters. The van der Waals surface area contributed by atoms with E-state index in [0.717, 1.165) is 56.6 Å². The third-order valence-electron chi connectivity index (χ3n) is 11.3. The van der Waals surface area contributed by atoms with Gasteiger partial charge in [-0.1, -0.05) is 84.1 Å². The molecule has 7 heteroatoms. The van der Waals surface area contributed by atoms with Crippen molar-refractivity contribution in [2.24, 2.45) is 0 Å². The summed E-state index contributed by atoms with van der Waals surface area (Å²) in [4.78, 5) is 6.83. The molecule has 0 saturated heterocycles. The zero-order valence-electron chi connectivity index (χ0n) is 30.0. The van der Waals surface area contributed by atoms with E-state index in [1.165, 1.54) is 44.6 Å². The van der Waals surface area contributed by atoms with Gasteiger partial charge in [0.2, 0.25) is 0 Å². The lowest BCUT2D eigenvalue weighted by atomic mass is 9.33. The maximum atomic E-state index is 15.3. The molecule has 0 radical (unpaired) electrons. The van der Waals surface area contributed by atoms with Gasteiger partial charge >= 0.3 is 0 Å². The van der Waals surface area contributed by atoms with Crippen LogP contribution in [0.5, 0.6) is 0 Å². The molecule has 0 aliphatic carbocycles. The summed E-state index contributed by atoms with van der Waals surface area (Å²) >= 11 is 0. The highest BCUT2D eigenvalue weighted by Gasteiger charge is 2.52. The number of benzene rings is 7. The molecule has 7 aromatic rings. The topological polar surface area (TPSA) is 9.72 Å². The van der Waals surface area contributed by atoms with Crippen LogP contribution >= 0.6 is 0 Å². The van der Waals surface area contributed by atoms with Crippen LogP contribution in [0.4, 0.5) is 60.0 Å². The van der Waals surface area contributed by atoms with Crippen molar-refractivity contribution in [3.8, 4) is 0 Å². The van der Waals surface area contributed by atoms with E-state index in [1.54, 1.807) is 24.3 Å². The first-order chi connectivity index (χ1) is 25.7. The van der Waals surface area contributed by atoms with Gasteiger partial charge < -0.3 is 14.7 Å². The van der Waals surface area contributed by atoms with Gasteiger partial charge in [0.15, 0.2) is 0 Å². The number of rotatable bonds is 5. The van der Waals surface area contributed by atoms with Crippen LogP contribution in [0.1, 0.15) is 11.1 Å². The SMILES string of the molecule is Cc1cc2c3c(c1)[Si](C)(C)c1cc(C)cc4c1B3c1c(cc(N(c3ccccc3)c3ccccc3)cc1N4c1cccc(F)c1)N2c1cccc(F)c1. The van der Waals surface area contributed by atoms with Gasteiger partial charge in [0.25, 0.3) is 6.71 Å². The average Bonchev–Trinajstić information content (AvgIpc) is 3.14. The Morgan fingerprint density at radius 2 is 0.906 bits per heavy atom. The van der Waals surface area contributed by atoms with Crippen LogP contribution in [0.15, 0.2) is 146 Å². The number of halogens is 2. The largest absolute Gasteiger partial charge is 0.311 e. The first-order valence-corrected chi connectivity index (χ1v) is 21.2. The first kappa shape index (κ1) is 31.8. The summed E-state index contributed by atoms with van der Waals surface area (Å²) in [5, 5.41) is 2.83. The van der Waals surface area contributed by atoms with E-state index in [4.69, 9.17) is 0 Å². The fourth-order valence-electron chi connectivity index (χ4n) is 9.20. The summed E-state index contributed by atoms with van der Waals surface area (Å²) in [5.41, 5.74) is 14.7. The second kappa shape index (κ2) is 11.5. The lowest BCUT2D eigenvalue weighted by Crippen LogP contribution is -2.79. The van der Waals surface area contributed by atoms with E-state index in [1.807, 2.05) is 24.3 Å². The number of hydrogen-bond acceptors (Lipinski definition) is 3. The zero-order chi connectivity index (χ0) is 36.2. The number of para-hydroxylation sites is 2. The van der Waals surface area contributed by atoms with E-state index < -0.39 is 8.07 Å². The van der Waals surface area contributed by atoms with Gasteiger partial charge in [0, 0.05) is 45.5 Å². The molecule has 3 heterocycles. The van der Waals surface area contributed by atoms with E-state index in [2.05, 4.69) is 127 Å². The summed E-state index contributed by atoms with van der Waals surface area (Å²) in [7, 11) is -2.28. The Morgan fingerprint density at radius 3 is 1.34 bits per heavy atom. The van der Waals surface area contributed by atoms with Crippen molar-refractivity contribution in [3.63, 3.8) is 0 Å². The molecule has 10 rings (SSSR count). The Labute approximate surface area is 310 Å². The molecule has 256 valence electrons. The molecule has 0 spiro atoms. The molecular weight excluding hydrogens is 671 g/mol. The minimum absolute atomic E-state index is 0.0534. The Balaban J connectivity index is 1.39. The lowest BCUT2D eigenvalue weighted by Gasteiger charge is -2.50. The van der Waals surface area contributed by atoms with Crippen LogP contribution in [-0.4, -0.2) is 14.8 Å². The van der Waals surface area contributed by atoms with Crippen LogP contribution in [0, 0.1) is 25.5 Å². The molecular formula is C46H36BF2N3Si. The fraction of sp³-hybridized carbons (Fsp3) is 0.0870. The highest BCUT2D eigenvalue weighted by molar-refractivity contribution is 7.16. The van der Waals surface area contributed by atoms with Crippen molar-refractivity contribution in [3.05, 3.63) is 168 Å². The van der Waals surface area contributed by atoms with E-state index in [0.29, 0.717) is 0 Å². The first-order valence-electron chi connectivity index (χ1n) is 18.2. The molecule has 3 aliphatic heterocycles. The van der Waals surface area contributed by atoms with Crippen molar-refractivity contribution >= 4 is 92.7 Å². The summed E-state index contributed by atoms with van der Waals surface area (Å²) in [6.07, 6.45) is 0. The van der Waals surface area contributed by atoms with Gasteiger partial charge in [0.05, 0.1) is 5.69 Å². The molecule has 0 saturated carbocycles. The van der Waals surface area contributed by atoms with Crippen molar-refractivity contribution in [2.75, 3.05) is 14.7 Å². The van der Waals surface area contributed by atoms with Crippen molar-refractivity contribution in [1.82, 2.24) is 0 Å². The van der Waals surface area contributed by atoms with Gasteiger partial charge in [-0.3, -0.25) is 0 Å². The monoisotopic (exact) mass is 707 g/mol. The summed E-state index contributed by atoms with van der Waals surface area (Å²) < 4.78 is 30.7. The number of hydrogen-bond donors (Lipinski definition) is 0. The van der Waals surface area contributed by atoms with Crippen LogP contribution in [0.25, 0.3) is 0 Å². The molecule has 0 N–H and O–H groups in total. The molecule has 0 atom stereocenters. The van der Waals surface area contributed by atoms with Crippen LogP contribution in [-0.2, 0) is 0 Å². The normalized spacial score (nSPS) is 14.3. The molecule has 0 amide bonds. The molecule has 53 heavy (non-hydrogen) atoms. The third-order valence-corrected chi connectivity index (χ3v) is 14.8. The van der Waals surface area contributed by atoms with Gasteiger partial charge in [0.1, 0.15) is 19.7 Å². The average molecular weight is 708 g/mol. The Kier molecular flexibility index (Phi) is 6.92. The van der Waals surface area contributed by atoms with Crippen molar-refractivity contribution < 1.29 is 8.78 Å². The Hall–Kier alpha value is -5.92. The fourth-order valence-corrected chi connectivity index (χ4v) is 12.6. The molecule has 7 aromatic carbocycles. The Morgan fingerprint density at radius 1 is 0.472 bits per heavy atom. The summed E-state index contributed by atoms with van der Waals surface area (Å²) in [6, 6.07) is 48.6. The van der Waals surface area contributed by atoms with Gasteiger partial charge in [-0.2, -0.15) is 0 Å². The van der Waals surface area contributed by atoms with Crippen LogP contribution in [0.2, 0.25) is 13.1 Å². The molecule has 0 fully saturated rings. The number of aryl methyl sites for hydroxylation is 2. The molecule has 3 aliphatic rings. The van der Waals surface area contributed by atoms with E-state index in [-0.39, 0.29) is 18.3 Å². The predicted octanol–water partition coefficient (Wildman–Crippen LogP) is 9.27. The van der Waals surface area contributed by atoms with E-state index in [9.17, 15) is 0 Å². The maximum Gasteiger partial charge on any atom is 0.251 e. The number of anilines is 9. The standard InChI is InChI=1S/C46H36BF2N3Si/c1-29-21-38-45-42(23-29)53(3,4)43-24-30(2)22-39-46(43)47(45)44-40(51(38)35-19-11-13-31(48)25-35)27-37(28-41(44)52(39)36-20-12-14-32(49)26-36)50(33-15-7-5-8-16-33)34-17-9-6-10-18-34/h5-28H,1-4H3. The minimum Gasteiger partial charge on any atom is -0.311 e. The second-order valence-corrected chi connectivity index (χ2v) is 19.4. The quantitative estimate of drug-likeness (QED) is 0.165. The molecule has 3 nitrogen and oxygen atoms in total. The van der Waals surface area contributed by atoms with E-state index >= 15 is 8.78 Å². The highest BCUT2D eigenvalue weighted by atomic mass is 28.3. The second-order valence-electron chi connectivity index (χ2n) is 15.1. The third kappa shape index (κ3) is 4.70. The maximum absolute atomic E-state index is 15.3. The summed E-state index contributed by atoms with van der Waals surface area (Å²) in [5.74, 6) is -0.573. The van der Waals surface area contributed by atoms with Crippen LogP contribution in [0.3, 0.4) is 0 Å². The highest BCUT2D eigenvalue weighted by Crippen LogP contribution is 2.48. The Bertz CT molecular complexity index is 2450. The molecule has 0 aromatic heterocycles. The summed E-state index contributed by atoms with van der Waals surface area (Å²) in [6.45, 7) is 9.22. The van der Waals surface area contributed by atoms with Gasteiger partial charge in [-0.05, 0) is 126 Å². The predicted molar refractivity (Wildman–Crippen MR) is 221 cm³/mol. The van der Waals surface area contributed by atoms with Crippen LogP contribution < -0.4 is 41.5 Å². The van der Waals surface area contributed by atoms with Gasteiger partial charge in [-0.15, -0.1) is 0 Å². The van der Waals surface area contributed by atoms with Crippen molar-refractivity contribution in [2.45, 2.75) is 26.9 Å². The smallest absolute Gasteiger partial charge is 0.251 e. The van der Waals surface area contributed by atoms with Gasteiger partial charge in [-0.25, -0.2) is 8.78 Å². The molecule has 0 bridgehead atoms. The van der Waals surface area contributed by atoms with Crippen molar-refractivity contribution in [1.29, 1.82) is 0 Å². The number of nitrogens with zero attached hydrogens (tertiary/aromatic N) is 3. The lowest BCUT2D eigenvalue weighted by molar-refractivity contribution is 0.627.